The molecule has 0 fully saturated rings. The Labute approximate surface area is 167 Å². The highest BCUT2D eigenvalue weighted by molar-refractivity contribution is 7.91. The van der Waals surface area contributed by atoms with E-state index in [0.717, 1.165) is 11.1 Å². The molecule has 0 saturated heterocycles. The van der Waals surface area contributed by atoms with Crippen LogP contribution in [0.5, 0.6) is 0 Å². The molecule has 2 aromatic rings. The van der Waals surface area contributed by atoms with Crippen molar-refractivity contribution in [3.8, 4) is 0 Å². The Morgan fingerprint density at radius 2 is 1.64 bits per heavy atom. The van der Waals surface area contributed by atoms with Crippen molar-refractivity contribution in [1.29, 1.82) is 0 Å². The number of amides is 1. The van der Waals surface area contributed by atoms with Crippen LogP contribution in [0.3, 0.4) is 0 Å². The van der Waals surface area contributed by atoms with E-state index in [1.807, 2.05) is 45.0 Å². The van der Waals surface area contributed by atoms with Gasteiger partial charge >= 0.3 is 0 Å². The Bertz CT molecular complexity index is 931. The monoisotopic (exact) mass is 401 g/mol. The molecule has 0 heterocycles. The molecule has 0 radical (unpaired) electrons. The van der Waals surface area contributed by atoms with Crippen molar-refractivity contribution in [2.45, 2.75) is 38.5 Å². The molecule has 0 unspecified atom stereocenters. The average Bonchev–Trinajstić information content (AvgIpc) is 2.66. The predicted octanol–water partition coefficient (Wildman–Crippen LogP) is 3.36. The van der Waals surface area contributed by atoms with Crippen LogP contribution < -0.4 is 5.32 Å². The van der Waals surface area contributed by atoms with E-state index in [4.69, 9.17) is 0 Å². The number of sulfone groups is 1. The summed E-state index contributed by atoms with van der Waals surface area (Å²) in [4.78, 5) is 24.6. The molecule has 2 aromatic carbocycles. The van der Waals surface area contributed by atoms with Crippen LogP contribution in [0.25, 0.3) is 0 Å². The summed E-state index contributed by atoms with van der Waals surface area (Å²) < 4.78 is 25.5. The molecule has 0 aromatic heterocycles. The Kier molecular flexibility index (Phi) is 7.52. The molecular formula is C22H27NO4S. The first-order valence-corrected chi connectivity index (χ1v) is 11.0. The summed E-state index contributed by atoms with van der Waals surface area (Å²) in [5.41, 5.74) is 2.08. The van der Waals surface area contributed by atoms with Crippen LogP contribution >= 0.6 is 0 Å². The first kappa shape index (κ1) is 21.8. The highest BCUT2D eigenvalue weighted by atomic mass is 32.2. The van der Waals surface area contributed by atoms with E-state index in [1.54, 1.807) is 12.1 Å². The normalized spacial score (nSPS) is 11.4. The van der Waals surface area contributed by atoms with Crippen LogP contribution in [-0.4, -0.2) is 32.4 Å². The van der Waals surface area contributed by atoms with E-state index < -0.39 is 15.7 Å². The first-order chi connectivity index (χ1) is 13.2. The topological polar surface area (TPSA) is 80.3 Å². The van der Waals surface area contributed by atoms with Gasteiger partial charge in [-0.2, -0.15) is 0 Å². The summed E-state index contributed by atoms with van der Waals surface area (Å²) >= 11 is 0. The third kappa shape index (κ3) is 6.30. The van der Waals surface area contributed by atoms with Crippen molar-refractivity contribution in [2.75, 3.05) is 12.3 Å². The van der Waals surface area contributed by atoms with Crippen molar-refractivity contribution in [2.24, 2.45) is 5.92 Å². The van der Waals surface area contributed by atoms with E-state index in [1.165, 1.54) is 12.1 Å². The maximum Gasteiger partial charge on any atom is 0.252 e. The maximum atomic E-state index is 12.8. The summed E-state index contributed by atoms with van der Waals surface area (Å²) in [5.74, 6) is -0.619. The zero-order valence-corrected chi connectivity index (χ0v) is 17.4. The highest BCUT2D eigenvalue weighted by Gasteiger charge is 2.23. The van der Waals surface area contributed by atoms with Crippen LogP contribution in [0.2, 0.25) is 0 Å². The number of carbonyl (C=O) groups is 2. The molecule has 0 saturated carbocycles. The van der Waals surface area contributed by atoms with Crippen LogP contribution in [0, 0.1) is 12.8 Å². The lowest BCUT2D eigenvalue weighted by Gasteiger charge is -2.12. The number of nitrogens with one attached hydrogen (secondary N) is 1. The molecule has 2 rings (SSSR count). The molecule has 0 spiro atoms. The van der Waals surface area contributed by atoms with Gasteiger partial charge in [0.15, 0.2) is 9.84 Å². The van der Waals surface area contributed by atoms with Gasteiger partial charge in [-0.25, -0.2) is 8.42 Å². The Morgan fingerprint density at radius 3 is 2.29 bits per heavy atom. The van der Waals surface area contributed by atoms with Crippen molar-refractivity contribution >= 4 is 21.5 Å². The second-order valence-electron chi connectivity index (χ2n) is 7.37. The third-order valence-corrected chi connectivity index (χ3v) is 6.08. The van der Waals surface area contributed by atoms with Crippen molar-refractivity contribution < 1.29 is 18.0 Å². The number of aryl methyl sites for hydroxylation is 1. The zero-order chi connectivity index (χ0) is 20.7. The van der Waals surface area contributed by atoms with Gasteiger partial charge in [0, 0.05) is 19.4 Å². The fourth-order valence-electron chi connectivity index (χ4n) is 2.70. The second kappa shape index (κ2) is 9.64. The van der Waals surface area contributed by atoms with E-state index in [0.29, 0.717) is 6.54 Å². The molecule has 0 aliphatic carbocycles. The molecule has 28 heavy (non-hydrogen) atoms. The van der Waals surface area contributed by atoms with E-state index in [9.17, 15) is 18.0 Å². The molecular weight excluding hydrogens is 374 g/mol. The largest absolute Gasteiger partial charge is 0.352 e. The summed E-state index contributed by atoms with van der Waals surface area (Å²) in [5, 5.41) is 2.74. The fraction of sp³-hybridized carbons (Fsp3) is 0.364. The lowest BCUT2D eigenvalue weighted by atomic mass is 10.1. The van der Waals surface area contributed by atoms with Gasteiger partial charge in [-0.1, -0.05) is 55.8 Å². The van der Waals surface area contributed by atoms with E-state index in [-0.39, 0.29) is 40.8 Å². The number of ketones is 1. The van der Waals surface area contributed by atoms with Crippen LogP contribution in [0.15, 0.2) is 53.4 Å². The lowest BCUT2D eigenvalue weighted by molar-refractivity contribution is -0.118. The minimum atomic E-state index is -3.75. The van der Waals surface area contributed by atoms with E-state index >= 15 is 0 Å². The number of Topliss-reactive ketones (excluding diaryl/α,β-unsaturated/α-hetero) is 1. The molecule has 5 nitrogen and oxygen atoms in total. The standard InChI is InChI=1S/C22H27NO4S/c1-16(2)15-23-22(25)20-6-4-5-7-21(20)28(26,27)13-12-19(24)14-18-10-8-17(3)9-11-18/h4-11,16H,12-15H2,1-3H3,(H,23,25). The fourth-order valence-corrected chi connectivity index (χ4v) is 4.20. The lowest BCUT2D eigenvalue weighted by Crippen LogP contribution is -2.29. The van der Waals surface area contributed by atoms with E-state index in [2.05, 4.69) is 5.32 Å². The molecule has 0 aliphatic rings. The van der Waals surface area contributed by atoms with Gasteiger partial charge in [-0.3, -0.25) is 9.59 Å². The van der Waals surface area contributed by atoms with Crippen LogP contribution in [0.4, 0.5) is 0 Å². The van der Waals surface area contributed by atoms with Crippen LogP contribution in [-0.2, 0) is 21.1 Å². The van der Waals surface area contributed by atoms with Gasteiger partial charge < -0.3 is 5.32 Å². The SMILES string of the molecule is Cc1ccc(CC(=O)CCS(=O)(=O)c2ccccc2C(=O)NCC(C)C)cc1. The maximum absolute atomic E-state index is 12.8. The quantitative estimate of drug-likeness (QED) is 0.699. The van der Waals surface area contributed by atoms with Gasteiger partial charge in [0.05, 0.1) is 16.2 Å². The minimum absolute atomic E-state index is 0.0283. The molecule has 0 aliphatic heterocycles. The van der Waals surface area contributed by atoms with Gasteiger partial charge in [0.1, 0.15) is 5.78 Å². The van der Waals surface area contributed by atoms with Gasteiger partial charge in [0.25, 0.3) is 5.91 Å². The van der Waals surface area contributed by atoms with Gasteiger partial charge in [-0.05, 0) is 30.5 Å². The van der Waals surface area contributed by atoms with Gasteiger partial charge in [-0.15, -0.1) is 0 Å². The van der Waals surface area contributed by atoms with Crippen molar-refractivity contribution in [3.63, 3.8) is 0 Å². The molecule has 6 heteroatoms. The Morgan fingerprint density at radius 1 is 1.00 bits per heavy atom. The van der Waals surface area contributed by atoms with Crippen LogP contribution in [0.1, 0.15) is 41.8 Å². The molecule has 0 atom stereocenters. The average molecular weight is 402 g/mol. The summed E-state index contributed by atoms with van der Waals surface area (Å²) in [6.45, 7) is 6.35. The van der Waals surface area contributed by atoms with Crippen molar-refractivity contribution in [1.82, 2.24) is 5.32 Å². The smallest absolute Gasteiger partial charge is 0.252 e. The number of rotatable bonds is 9. The Balaban J connectivity index is 2.07. The molecule has 150 valence electrons. The molecule has 0 bridgehead atoms. The second-order valence-corrected chi connectivity index (χ2v) is 9.45. The minimum Gasteiger partial charge on any atom is -0.352 e. The molecule has 1 N–H and O–H groups in total. The summed E-state index contributed by atoms with van der Waals surface area (Å²) in [6, 6.07) is 13.7. The predicted molar refractivity (Wildman–Crippen MR) is 110 cm³/mol. The number of benzene rings is 2. The summed E-state index contributed by atoms with van der Waals surface area (Å²) in [7, 11) is -3.75. The zero-order valence-electron chi connectivity index (χ0n) is 16.6. The van der Waals surface area contributed by atoms with Crippen molar-refractivity contribution in [3.05, 3.63) is 65.2 Å². The van der Waals surface area contributed by atoms with Gasteiger partial charge in [0.2, 0.25) is 0 Å². The number of carbonyl (C=O) groups excluding carboxylic acids is 2. The first-order valence-electron chi connectivity index (χ1n) is 9.36. The summed E-state index contributed by atoms with van der Waals surface area (Å²) in [6.07, 6.45) is 0.116. The number of hydrogen-bond acceptors (Lipinski definition) is 4. The third-order valence-electron chi connectivity index (χ3n) is 4.31. The Hall–Kier alpha value is -2.47. The highest BCUT2D eigenvalue weighted by Crippen LogP contribution is 2.18. The number of hydrogen-bond donors (Lipinski definition) is 1. The molecule has 1 amide bonds.